The number of carbonyl (C=O) groups is 2. The largest absolute Gasteiger partial charge is 0.343 e. The monoisotopic (exact) mass is 437 g/mol. The molecule has 1 aliphatic heterocycles. The highest BCUT2D eigenvalue weighted by Crippen LogP contribution is 2.26. The van der Waals surface area contributed by atoms with Crippen LogP contribution in [0.5, 0.6) is 0 Å². The van der Waals surface area contributed by atoms with Crippen LogP contribution in [0.3, 0.4) is 0 Å². The third-order valence-electron chi connectivity index (χ3n) is 5.38. The molecule has 1 aliphatic rings. The second-order valence-electron chi connectivity index (χ2n) is 7.50. The van der Waals surface area contributed by atoms with E-state index < -0.39 is 0 Å². The van der Waals surface area contributed by atoms with Gasteiger partial charge in [0.05, 0.1) is 12.6 Å². The van der Waals surface area contributed by atoms with E-state index in [2.05, 4.69) is 10.2 Å². The number of carbonyl (C=O) groups excluding carboxylic acids is 2. The minimum Gasteiger partial charge on any atom is -0.343 e. The molecule has 0 saturated carbocycles. The topological polar surface area (TPSA) is 52.7 Å². The summed E-state index contributed by atoms with van der Waals surface area (Å²) in [6.45, 7) is 2.73. The Labute approximate surface area is 185 Å². The summed E-state index contributed by atoms with van der Waals surface area (Å²) in [5.74, 6) is -0.368. The summed E-state index contributed by atoms with van der Waals surface area (Å²) in [6, 6.07) is 19.1. The summed E-state index contributed by atoms with van der Waals surface area (Å²) in [4.78, 5) is 30.3. The van der Waals surface area contributed by atoms with Crippen molar-refractivity contribution >= 4 is 23.2 Å². The molecule has 4 rings (SSSR count). The minimum atomic E-state index is -0.311. The Morgan fingerprint density at radius 1 is 0.935 bits per heavy atom. The van der Waals surface area contributed by atoms with Gasteiger partial charge in [-0.25, -0.2) is 4.39 Å². The lowest BCUT2D eigenvalue weighted by Crippen LogP contribution is -2.51. The summed E-state index contributed by atoms with van der Waals surface area (Å²) in [6.07, 6.45) is 0. The lowest BCUT2D eigenvalue weighted by Gasteiger charge is -2.34. The van der Waals surface area contributed by atoms with Crippen molar-refractivity contribution in [2.24, 2.45) is 0 Å². The number of amides is 2. The Balaban J connectivity index is 1.34. The van der Waals surface area contributed by atoms with Crippen LogP contribution >= 0.6 is 11.3 Å². The Morgan fingerprint density at radius 2 is 1.65 bits per heavy atom. The van der Waals surface area contributed by atoms with Gasteiger partial charge in [-0.2, -0.15) is 0 Å². The van der Waals surface area contributed by atoms with E-state index in [0.717, 1.165) is 10.4 Å². The van der Waals surface area contributed by atoms with Gasteiger partial charge in [-0.15, -0.1) is 11.3 Å². The zero-order valence-electron chi connectivity index (χ0n) is 17.0. The standard InChI is InChI=1S/C24H24FN3O2S/c25-20-10-8-18(9-11-20)23(21-7-4-16-31-21)26-22(29)17-27-12-14-28(15-13-27)24(30)19-5-2-1-3-6-19/h1-11,16,23H,12-15,17H2,(H,26,29)/t23-/m1/s1. The van der Waals surface area contributed by atoms with Crippen LogP contribution in [0.2, 0.25) is 0 Å². The average molecular weight is 438 g/mol. The maximum Gasteiger partial charge on any atom is 0.253 e. The predicted molar refractivity (Wildman–Crippen MR) is 119 cm³/mol. The fourth-order valence-corrected chi connectivity index (χ4v) is 4.51. The van der Waals surface area contributed by atoms with E-state index in [1.807, 2.05) is 52.7 Å². The molecule has 2 heterocycles. The normalized spacial score (nSPS) is 15.5. The first-order valence-electron chi connectivity index (χ1n) is 10.2. The summed E-state index contributed by atoms with van der Waals surface area (Å²) in [5, 5.41) is 5.05. The van der Waals surface area contributed by atoms with E-state index in [-0.39, 0.29) is 30.2 Å². The molecule has 0 radical (unpaired) electrons. The summed E-state index contributed by atoms with van der Waals surface area (Å²) in [5.41, 5.74) is 1.53. The SMILES string of the molecule is O=C(CN1CCN(C(=O)c2ccccc2)CC1)N[C@H](c1ccc(F)cc1)c1cccs1. The Hall–Kier alpha value is -3.03. The molecule has 7 heteroatoms. The highest BCUT2D eigenvalue weighted by atomic mass is 32.1. The van der Waals surface area contributed by atoms with E-state index in [1.165, 1.54) is 12.1 Å². The molecule has 0 spiro atoms. The molecule has 0 aliphatic carbocycles. The van der Waals surface area contributed by atoms with Gasteiger partial charge in [-0.1, -0.05) is 36.4 Å². The molecule has 1 fully saturated rings. The average Bonchev–Trinajstić information content (AvgIpc) is 3.33. The van der Waals surface area contributed by atoms with Gasteiger partial charge in [0.2, 0.25) is 5.91 Å². The number of thiophene rings is 1. The zero-order valence-corrected chi connectivity index (χ0v) is 17.9. The number of hydrogen-bond acceptors (Lipinski definition) is 4. The lowest BCUT2D eigenvalue weighted by molar-refractivity contribution is -0.123. The molecule has 1 N–H and O–H groups in total. The first kappa shape index (κ1) is 21.2. The van der Waals surface area contributed by atoms with Gasteiger partial charge in [0.25, 0.3) is 5.91 Å². The number of halogens is 1. The first-order valence-corrected chi connectivity index (χ1v) is 11.1. The molecule has 5 nitrogen and oxygen atoms in total. The number of nitrogens with one attached hydrogen (secondary N) is 1. The molecular formula is C24H24FN3O2S. The highest BCUT2D eigenvalue weighted by molar-refractivity contribution is 7.10. The molecular weight excluding hydrogens is 413 g/mol. The van der Waals surface area contributed by atoms with E-state index >= 15 is 0 Å². The number of benzene rings is 2. The van der Waals surface area contributed by atoms with Crippen molar-refractivity contribution < 1.29 is 14.0 Å². The van der Waals surface area contributed by atoms with Crippen LogP contribution in [-0.4, -0.2) is 54.3 Å². The van der Waals surface area contributed by atoms with Crippen LogP contribution in [0.25, 0.3) is 0 Å². The number of piperazine rings is 1. The Bertz CT molecular complexity index is 1000. The first-order chi connectivity index (χ1) is 15.1. The highest BCUT2D eigenvalue weighted by Gasteiger charge is 2.24. The van der Waals surface area contributed by atoms with Crippen LogP contribution in [0.15, 0.2) is 72.1 Å². The van der Waals surface area contributed by atoms with Gasteiger partial charge < -0.3 is 10.2 Å². The van der Waals surface area contributed by atoms with Crippen molar-refractivity contribution in [1.29, 1.82) is 0 Å². The smallest absolute Gasteiger partial charge is 0.253 e. The second kappa shape index (κ2) is 9.85. The molecule has 2 amide bonds. The van der Waals surface area contributed by atoms with Gasteiger partial charge in [-0.3, -0.25) is 14.5 Å². The fraction of sp³-hybridized carbons (Fsp3) is 0.250. The maximum atomic E-state index is 13.3. The third-order valence-corrected chi connectivity index (χ3v) is 6.32. The number of nitrogens with zero attached hydrogens (tertiary/aromatic N) is 2. The van der Waals surface area contributed by atoms with Crippen molar-refractivity contribution in [3.05, 3.63) is 93.9 Å². The van der Waals surface area contributed by atoms with E-state index in [9.17, 15) is 14.0 Å². The molecule has 2 aromatic carbocycles. The van der Waals surface area contributed by atoms with E-state index in [4.69, 9.17) is 0 Å². The second-order valence-corrected chi connectivity index (χ2v) is 8.48. The molecule has 0 bridgehead atoms. The predicted octanol–water partition coefficient (Wildman–Crippen LogP) is 3.55. The molecule has 1 aromatic heterocycles. The summed E-state index contributed by atoms with van der Waals surface area (Å²) < 4.78 is 13.3. The maximum absolute atomic E-state index is 13.3. The third kappa shape index (κ3) is 5.37. The van der Waals surface area contributed by atoms with E-state index in [1.54, 1.807) is 23.5 Å². The zero-order chi connectivity index (χ0) is 21.6. The number of hydrogen-bond donors (Lipinski definition) is 1. The summed E-state index contributed by atoms with van der Waals surface area (Å²) >= 11 is 1.55. The van der Waals surface area contributed by atoms with Crippen LogP contribution in [-0.2, 0) is 4.79 Å². The van der Waals surface area contributed by atoms with Gasteiger partial charge >= 0.3 is 0 Å². The number of rotatable bonds is 6. The van der Waals surface area contributed by atoms with Gasteiger partial charge in [0.15, 0.2) is 0 Å². The quantitative estimate of drug-likeness (QED) is 0.642. The molecule has 1 saturated heterocycles. The van der Waals surface area contributed by atoms with Gasteiger partial charge in [0, 0.05) is 36.6 Å². The molecule has 3 aromatic rings. The Kier molecular flexibility index (Phi) is 6.74. The molecule has 0 unspecified atom stereocenters. The van der Waals surface area contributed by atoms with Gasteiger partial charge in [-0.05, 0) is 41.3 Å². The van der Waals surface area contributed by atoms with Crippen LogP contribution in [0.4, 0.5) is 4.39 Å². The van der Waals surface area contributed by atoms with Crippen molar-refractivity contribution in [3.63, 3.8) is 0 Å². The van der Waals surface area contributed by atoms with Crippen LogP contribution in [0.1, 0.15) is 26.8 Å². The molecule has 160 valence electrons. The summed E-state index contributed by atoms with van der Waals surface area (Å²) in [7, 11) is 0. The van der Waals surface area contributed by atoms with Crippen LogP contribution < -0.4 is 5.32 Å². The molecule has 31 heavy (non-hydrogen) atoms. The van der Waals surface area contributed by atoms with Crippen molar-refractivity contribution in [1.82, 2.24) is 15.1 Å². The van der Waals surface area contributed by atoms with E-state index in [0.29, 0.717) is 31.7 Å². The Morgan fingerprint density at radius 3 is 2.29 bits per heavy atom. The molecule has 1 atom stereocenters. The van der Waals surface area contributed by atoms with Crippen molar-refractivity contribution in [3.8, 4) is 0 Å². The van der Waals surface area contributed by atoms with Crippen LogP contribution in [0, 0.1) is 5.82 Å². The van der Waals surface area contributed by atoms with Crippen molar-refractivity contribution in [2.75, 3.05) is 32.7 Å². The van der Waals surface area contributed by atoms with Gasteiger partial charge in [0.1, 0.15) is 5.82 Å². The minimum absolute atomic E-state index is 0.0266. The lowest BCUT2D eigenvalue weighted by atomic mass is 10.1. The fourth-order valence-electron chi connectivity index (χ4n) is 3.71. The van der Waals surface area contributed by atoms with Crippen molar-refractivity contribution in [2.45, 2.75) is 6.04 Å².